The number of non-ortho nitro benzene ring substituents is 1. The number of benzene rings is 2. The van der Waals surface area contributed by atoms with Crippen LogP contribution in [0.1, 0.15) is 31.2 Å². The van der Waals surface area contributed by atoms with Gasteiger partial charge in [0, 0.05) is 30.7 Å². The van der Waals surface area contributed by atoms with Crippen LogP contribution in [0.25, 0.3) is 17.4 Å². The molecule has 44 heavy (non-hydrogen) atoms. The Morgan fingerprint density at radius 1 is 1.18 bits per heavy atom. The Bertz CT molecular complexity index is 2030. The van der Waals surface area contributed by atoms with Crippen molar-refractivity contribution in [3.8, 4) is 22.8 Å². The molecule has 1 unspecified atom stereocenters. The average molecular weight is 616 g/mol. The van der Waals surface area contributed by atoms with Crippen LogP contribution in [0, 0.1) is 10.1 Å². The first kappa shape index (κ1) is 29.9. The zero-order valence-electron chi connectivity index (χ0n) is 23.8. The number of carbonyl (C=O) groups is 2. The van der Waals surface area contributed by atoms with Crippen molar-refractivity contribution in [1.82, 2.24) is 4.57 Å². The van der Waals surface area contributed by atoms with Crippen molar-refractivity contribution in [2.45, 2.75) is 19.9 Å². The van der Waals surface area contributed by atoms with E-state index in [2.05, 4.69) is 11.6 Å². The summed E-state index contributed by atoms with van der Waals surface area (Å²) in [6.07, 6.45) is 2.97. The smallest absolute Gasteiger partial charge is 0.338 e. The molecule has 2 aromatic carbocycles. The molecule has 1 aliphatic heterocycles. The van der Waals surface area contributed by atoms with Crippen LogP contribution in [0.5, 0.6) is 11.5 Å². The molecular formula is C31H25N3O9S. The quantitative estimate of drug-likeness (QED) is 0.0892. The Hall–Kier alpha value is -5.56. The lowest BCUT2D eigenvalue weighted by molar-refractivity contribution is -0.384. The molecule has 4 aromatic rings. The number of thiazole rings is 1. The fourth-order valence-corrected chi connectivity index (χ4v) is 5.72. The molecule has 13 heteroatoms. The molecule has 0 saturated carbocycles. The van der Waals surface area contributed by atoms with Gasteiger partial charge in [0.25, 0.3) is 11.2 Å². The number of furan rings is 1. The monoisotopic (exact) mass is 615 g/mol. The van der Waals surface area contributed by atoms with E-state index in [1.807, 2.05) is 0 Å². The van der Waals surface area contributed by atoms with E-state index < -0.39 is 28.5 Å². The second-order valence-corrected chi connectivity index (χ2v) is 10.5. The molecule has 5 rings (SSSR count). The fourth-order valence-electron chi connectivity index (χ4n) is 4.69. The van der Waals surface area contributed by atoms with E-state index in [0.29, 0.717) is 33.1 Å². The average Bonchev–Trinajstić information content (AvgIpc) is 3.59. The van der Waals surface area contributed by atoms with Crippen molar-refractivity contribution < 1.29 is 33.1 Å². The SMILES string of the molecule is C=CCOC(=O)C1=C(C)N=c2sc(=Cc3ccc(-c4cccc([N+](=O)[O-])c4)o3)c(=O)n2C1c1ccc(OC(C)=O)c(OC)c1. The third kappa shape index (κ3) is 5.85. The summed E-state index contributed by atoms with van der Waals surface area (Å²) >= 11 is 1.10. The van der Waals surface area contributed by atoms with Gasteiger partial charge in [0.15, 0.2) is 16.3 Å². The third-order valence-electron chi connectivity index (χ3n) is 6.57. The Morgan fingerprint density at radius 3 is 2.68 bits per heavy atom. The standard InChI is InChI=1S/C31H25N3O9S/c1-5-13-41-30(37)27-17(2)32-31-33(28(27)20-9-11-24(42-18(3)35)25(15-20)40-4)29(36)26(44-31)16-22-10-12-23(43-22)19-7-6-8-21(14-19)34(38)39/h5-12,14-16,28H,1,13H2,2-4H3. The normalized spacial score (nSPS) is 14.4. The number of rotatable bonds is 9. The zero-order chi connectivity index (χ0) is 31.5. The van der Waals surface area contributed by atoms with Gasteiger partial charge < -0.3 is 18.6 Å². The number of carbonyl (C=O) groups excluding carboxylic acids is 2. The van der Waals surface area contributed by atoms with Crippen molar-refractivity contribution in [3.63, 3.8) is 0 Å². The minimum absolute atomic E-state index is 0.0487. The summed E-state index contributed by atoms with van der Waals surface area (Å²) in [4.78, 5) is 54.4. The third-order valence-corrected chi connectivity index (χ3v) is 7.56. The molecule has 0 bridgehead atoms. The van der Waals surface area contributed by atoms with Gasteiger partial charge in [-0.25, -0.2) is 9.79 Å². The van der Waals surface area contributed by atoms with Gasteiger partial charge in [-0.05, 0) is 36.8 Å². The Morgan fingerprint density at radius 2 is 1.98 bits per heavy atom. The summed E-state index contributed by atoms with van der Waals surface area (Å²) in [5.41, 5.74) is 0.950. The van der Waals surface area contributed by atoms with E-state index in [0.717, 1.165) is 11.3 Å². The van der Waals surface area contributed by atoms with Crippen LogP contribution < -0.4 is 24.4 Å². The van der Waals surface area contributed by atoms with E-state index in [1.165, 1.54) is 42.9 Å². The first-order valence-corrected chi connectivity index (χ1v) is 13.9. The number of hydrogen-bond donors (Lipinski definition) is 0. The Labute approximate surface area is 253 Å². The predicted molar refractivity (Wildman–Crippen MR) is 160 cm³/mol. The van der Waals surface area contributed by atoms with Crippen LogP contribution in [-0.2, 0) is 14.3 Å². The number of nitro groups is 1. The molecule has 224 valence electrons. The minimum atomic E-state index is -0.956. The maximum Gasteiger partial charge on any atom is 0.338 e. The van der Waals surface area contributed by atoms with Gasteiger partial charge in [0.1, 0.15) is 18.1 Å². The Kier molecular flexibility index (Phi) is 8.40. The summed E-state index contributed by atoms with van der Waals surface area (Å²) < 4.78 is 23.6. The van der Waals surface area contributed by atoms with E-state index in [9.17, 15) is 24.5 Å². The molecule has 0 N–H and O–H groups in total. The van der Waals surface area contributed by atoms with E-state index in [4.69, 9.17) is 18.6 Å². The number of allylic oxidation sites excluding steroid dienone is 1. The molecule has 12 nitrogen and oxygen atoms in total. The maximum absolute atomic E-state index is 13.9. The molecule has 2 aromatic heterocycles. The first-order valence-electron chi connectivity index (χ1n) is 13.1. The van der Waals surface area contributed by atoms with Crippen LogP contribution in [0.4, 0.5) is 5.69 Å². The lowest BCUT2D eigenvalue weighted by Crippen LogP contribution is -2.40. The van der Waals surface area contributed by atoms with E-state index in [-0.39, 0.29) is 33.9 Å². The lowest BCUT2D eigenvalue weighted by Gasteiger charge is -2.25. The summed E-state index contributed by atoms with van der Waals surface area (Å²) in [5.74, 6) is -0.112. The number of methoxy groups -OCH3 is 1. The second-order valence-electron chi connectivity index (χ2n) is 9.48. The van der Waals surface area contributed by atoms with Crippen molar-refractivity contribution in [3.05, 3.63) is 120 Å². The van der Waals surface area contributed by atoms with E-state index in [1.54, 1.807) is 49.4 Å². The molecule has 0 spiro atoms. The number of nitro benzene ring substituents is 1. The van der Waals surface area contributed by atoms with Gasteiger partial charge in [-0.1, -0.05) is 42.2 Å². The summed E-state index contributed by atoms with van der Waals surface area (Å²) in [6.45, 7) is 6.45. The van der Waals surface area contributed by atoms with Gasteiger partial charge in [-0.2, -0.15) is 0 Å². The highest BCUT2D eigenvalue weighted by Gasteiger charge is 2.34. The summed E-state index contributed by atoms with van der Waals surface area (Å²) in [5, 5.41) is 11.2. The minimum Gasteiger partial charge on any atom is -0.493 e. The highest BCUT2D eigenvalue weighted by Crippen LogP contribution is 2.36. The summed E-state index contributed by atoms with van der Waals surface area (Å²) in [6, 6.07) is 13.1. The van der Waals surface area contributed by atoms with Crippen molar-refractivity contribution in [1.29, 1.82) is 0 Å². The van der Waals surface area contributed by atoms with Gasteiger partial charge in [-0.3, -0.25) is 24.3 Å². The van der Waals surface area contributed by atoms with E-state index >= 15 is 0 Å². The maximum atomic E-state index is 13.9. The van der Waals surface area contributed by atoms with Crippen LogP contribution in [-0.4, -0.2) is 35.1 Å². The number of nitrogens with zero attached hydrogens (tertiary/aromatic N) is 3. The van der Waals surface area contributed by atoms with Crippen molar-refractivity contribution >= 4 is 35.0 Å². The van der Waals surface area contributed by atoms with Gasteiger partial charge in [-0.15, -0.1) is 0 Å². The van der Waals surface area contributed by atoms with Crippen molar-refractivity contribution in [2.75, 3.05) is 13.7 Å². The lowest BCUT2D eigenvalue weighted by atomic mass is 9.95. The highest BCUT2D eigenvalue weighted by molar-refractivity contribution is 7.07. The topological polar surface area (TPSA) is 152 Å². The van der Waals surface area contributed by atoms with Gasteiger partial charge in [0.2, 0.25) is 0 Å². The molecular weight excluding hydrogens is 590 g/mol. The predicted octanol–water partition coefficient (Wildman–Crippen LogP) is 4.07. The molecule has 0 aliphatic carbocycles. The first-order chi connectivity index (χ1) is 21.1. The summed E-state index contributed by atoms with van der Waals surface area (Å²) in [7, 11) is 1.41. The molecule has 1 aliphatic rings. The number of ether oxygens (including phenoxy) is 3. The van der Waals surface area contributed by atoms with Gasteiger partial charge in [0.05, 0.1) is 33.9 Å². The van der Waals surface area contributed by atoms with Crippen LogP contribution in [0.2, 0.25) is 0 Å². The number of hydrogen-bond acceptors (Lipinski definition) is 11. The highest BCUT2D eigenvalue weighted by atomic mass is 32.1. The van der Waals surface area contributed by atoms with Crippen LogP contribution in [0.3, 0.4) is 0 Å². The fraction of sp³-hybridized carbons (Fsp3) is 0.161. The molecule has 3 heterocycles. The number of aromatic nitrogens is 1. The Balaban J connectivity index is 1.63. The largest absolute Gasteiger partial charge is 0.493 e. The molecule has 0 fully saturated rings. The number of esters is 2. The number of fused-ring (bicyclic) bond motifs is 1. The second kappa shape index (κ2) is 12.4. The van der Waals surface area contributed by atoms with Crippen molar-refractivity contribution in [2.24, 2.45) is 4.99 Å². The van der Waals surface area contributed by atoms with Crippen LogP contribution >= 0.6 is 11.3 Å². The van der Waals surface area contributed by atoms with Gasteiger partial charge >= 0.3 is 11.9 Å². The molecule has 1 atom stereocenters. The molecule has 0 saturated heterocycles. The molecule has 0 amide bonds. The molecule has 0 radical (unpaired) electrons. The zero-order valence-corrected chi connectivity index (χ0v) is 24.6. The van der Waals surface area contributed by atoms with Crippen LogP contribution in [0.15, 0.2) is 92.7 Å².